The predicted octanol–water partition coefficient (Wildman–Crippen LogP) is 5.36. The molecule has 26 heavy (non-hydrogen) atoms. The molecule has 1 heterocycles. The monoisotopic (exact) mass is 358 g/mol. The molecule has 0 fully saturated rings. The van der Waals surface area contributed by atoms with Gasteiger partial charge < -0.3 is 4.74 Å². The number of benzene rings is 1. The number of nitrogens with zero attached hydrogens (tertiary/aromatic N) is 2. The van der Waals surface area contributed by atoms with Crippen LogP contribution in [0, 0.1) is 0 Å². The molecule has 0 unspecified atom stereocenters. The Morgan fingerprint density at radius 2 is 1.92 bits per heavy atom. The minimum Gasteiger partial charge on any atom is -0.496 e. The van der Waals surface area contributed by atoms with Crippen molar-refractivity contribution in [3.05, 3.63) is 59.9 Å². The zero-order valence-electron chi connectivity index (χ0n) is 15.4. The van der Waals surface area contributed by atoms with E-state index in [4.69, 9.17) is 4.74 Å². The summed E-state index contributed by atoms with van der Waals surface area (Å²) >= 11 is 0. The molecule has 0 saturated heterocycles. The van der Waals surface area contributed by atoms with Gasteiger partial charge in [0.2, 0.25) is 5.92 Å². The largest absolute Gasteiger partial charge is 0.496 e. The van der Waals surface area contributed by atoms with Gasteiger partial charge in [-0.1, -0.05) is 30.3 Å². The fourth-order valence-corrected chi connectivity index (χ4v) is 2.55. The molecule has 0 aliphatic heterocycles. The van der Waals surface area contributed by atoms with E-state index in [1.807, 2.05) is 49.4 Å². The highest BCUT2D eigenvalue weighted by molar-refractivity contribution is 5.80. The molecule has 0 aliphatic carbocycles. The number of hydrogen-bond donors (Lipinski definition) is 0. The van der Waals surface area contributed by atoms with E-state index in [0.717, 1.165) is 35.1 Å². The minimum atomic E-state index is -2.69. The summed E-state index contributed by atoms with van der Waals surface area (Å²) in [6, 6.07) is 11.7. The maximum atomic E-state index is 12.9. The number of aromatic nitrogens is 1. The van der Waals surface area contributed by atoms with Gasteiger partial charge >= 0.3 is 0 Å². The van der Waals surface area contributed by atoms with Crippen LogP contribution in [-0.2, 0) is 6.42 Å². The summed E-state index contributed by atoms with van der Waals surface area (Å²) in [6.45, 7) is 2.91. The van der Waals surface area contributed by atoms with Crippen LogP contribution in [0.15, 0.2) is 59.2 Å². The van der Waals surface area contributed by atoms with Gasteiger partial charge in [0.25, 0.3) is 0 Å². The van der Waals surface area contributed by atoms with Crippen LogP contribution >= 0.6 is 0 Å². The number of aliphatic imine (C=N–C) groups is 1. The van der Waals surface area contributed by atoms with E-state index in [0.29, 0.717) is 6.42 Å². The lowest BCUT2D eigenvalue weighted by Crippen LogP contribution is -2.10. The van der Waals surface area contributed by atoms with Crippen molar-refractivity contribution in [2.24, 2.45) is 4.99 Å². The van der Waals surface area contributed by atoms with E-state index in [1.165, 1.54) is 0 Å². The molecule has 0 N–H and O–H groups in total. The summed E-state index contributed by atoms with van der Waals surface area (Å²) < 4.78 is 31.2. The van der Waals surface area contributed by atoms with Crippen LogP contribution in [0.2, 0.25) is 0 Å². The van der Waals surface area contributed by atoms with Crippen LogP contribution in [0.25, 0.3) is 11.1 Å². The van der Waals surface area contributed by atoms with Crippen molar-refractivity contribution in [3.8, 4) is 16.9 Å². The number of rotatable bonds is 8. The Balaban J connectivity index is 2.20. The van der Waals surface area contributed by atoms with Crippen LogP contribution in [0.1, 0.15) is 26.0 Å². The van der Waals surface area contributed by atoms with E-state index < -0.39 is 5.92 Å². The van der Waals surface area contributed by atoms with Crippen LogP contribution < -0.4 is 4.74 Å². The number of alkyl halides is 2. The molecule has 0 amide bonds. The summed E-state index contributed by atoms with van der Waals surface area (Å²) in [6.07, 6.45) is 5.64. The molecule has 0 aliphatic rings. The molecular formula is C21H24F2N2O. The number of halogens is 2. The first kappa shape index (κ1) is 19.8. The second-order valence-corrected chi connectivity index (χ2v) is 6.09. The molecule has 0 atom stereocenters. The Morgan fingerprint density at radius 1 is 1.19 bits per heavy atom. The van der Waals surface area contributed by atoms with Gasteiger partial charge in [-0.2, -0.15) is 0 Å². The van der Waals surface area contributed by atoms with Crippen molar-refractivity contribution in [2.75, 3.05) is 13.7 Å². The van der Waals surface area contributed by atoms with Gasteiger partial charge in [-0.05, 0) is 31.6 Å². The highest BCUT2D eigenvalue weighted by atomic mass is 19.3. The maximum absolute atomic E-state index is 12.9. The molecule has 0 saturated carbocycles. The van der Waals surface area contributed by atoms with Gasteiger partial charge in [-0.15, -0.1) is 0 Å². The molecule has 0 spiro atoms. The standard InChI is InChI=1S/C21H24F2N2O/c1-4-16(15-24-13-11-21(2,22)23)14-19-17(9-7-12-25-19)18-8-5-6-10-20(18)26-3/h4-10,12,15H,11,13-14H2,1-3H3/b16-4-,24-15?. The lowest BCUT2D eigenvalue weighted by molar-refractivity contribution is 0.0158. The molecule has 2 aromatic rings. The third kappa shape index (κ3) is 5.76. The second-order valence-electron chi connectivity index (χ2n) is 6.09. The second kappa shape index (κ2) is 9.22. The highest BCUT2D eigenvalue weighted by Crippen LogP contribution is 2.32. The average Bonchev–Trinajstić information content (AvgIpc) is 2.63. The summed E-state index contributed by atoms with van der Waals surface area (Å²) in [5, 5.41) is 0. The number of pyridine rings is 1. The summed E-state index contributed by atoms with van der Waals surface area (Å²) in [4.78, 5) is 8.64. The fraction of sp³-hybridized carbons (Fsp3) is 0.333. The Kier molecular flexibility index (Phi) is 7.01. The quantitative estimate of drug-likeness (QED) is 0.595. The Bertz CT molecular complexity index is 780. The third-order valence-corrected chi connectivity index (χ3v) is 3.97. The van der Waals surface area contributed by atoms with Gasteiger partial charge in [0.15, 0.2) is 0 Å². The van der Waals surface area contributed by atoms with E-state index in [2.05, 4.69) is 9.98 Å². The molecule has 0 bridgehead atoms. The SMILES string of the molecule is C/C=C(\C=NCCC(C)(F)F)Cc1ncccc1-c1ccccc1OC. The normalized spacial score (nSPS) is 12.6. The molecule has 1 aromatic heterocycles. The van der Waals surface area contributed by atoms with Crippen molar-refractivity contribution in [1.82, 2.24) is 4.98 Å². The molecular weight excluding hydrogens is 334 g/mol. The van der Waals surface area contributed by atoms with Crippen molar-refractivity contribution >= 4 is 6.21 Å². The first-order chi connectivity index (χ1) is 12.4. The average molecular weight is 358 g/mol. The van der Waals surface area contributed by atoms with Crippen molar-refractivity contribution in [2.45, 2.75) is 32.6 Å². The van der Waals surface area contributed by atoms with E-state index >= 15 is 0 Å². The molecule has 3 nitrogen and oxygen atoms in total. The highest BCUT2D eigenvalue weighted by Gasteiger charge is 2.19. The smallest absolute Gasteiger partial charge is 0.247 e. The number of para-hydroxylation sites is 1. The number of ether oxygens (including phenoxy) is 1. The number of methoxy groups -OCH3 is 1. The predicted molar refractivity (Wildman–Crippen MR) is 102 cm³/mol. The molecule has 138 valence electrons. The summed E-state index contributed by atoms with van der Waals surface area (Å²) in [5.41, 5.74) is 3.77. The van der Waals surface area contributed by atoms with Crippen LogP contribution in [0.4, 0.5) is 8.78 Å². The minimum absolute atomic E-state index is 0.0996. The topological polar surface area (TPSA) is 34.5 Å². The summed E-state index contributed by atoms with van der Waals surface area (Å²) in [7, 11) is 1.64. The molecule has 1 aromatic carbocycles. The van der Waals surface area contributed by atoms with Crippen LogP contribution in [0.3, 0.4) is 0 Å². The number of allylic oxidation sites excluding steroid dienone is 2. The van der Waals surface area contributed by atoms with Crippen molar-refractivity contribution in [3.63, 3.8) is 0 Å². The number of hydrogen-bond acceptors (Lipinski definition) is 3. The lowest BCUT2D eigenvalue weighted by atomic mass is 9.99. The van der Waals surface area contributed by atoms with Crippen LogP contribution in [0.5, 0.6) is 5.75 Å². The van der Waals surface area contributed by atoms with E-state index in [9.17, 15) is 8.78 Å². The third-order valence-electron chi connectivity index (χ3n) is 3.97. The molecule has 0 radical (unpaired) electrons. The van der Waals surface area contributed by atoms with Crippen molar-refractivity contribution in [1.29, 1.82) is 0 Å². The van der Waals surface area contributed by atoms with E-state index in [-0.39, 0.29) is 13.0 Å². The lowest BCUT2D eigenvalue weighted by Gasteiger charge is -2.12. The Hall–Kier alpha value is -2.56. The van der Waals surface area contributed by atoms with Gasteiger partial charge in [-0.3, -0.25) is 9.98 Å². The van der Waals surface area contributed by atoms with Gasteiger partial charge in [0.05, 0.1) is 12.8 Å². The Morgan fingerprint density at radius 3 is 2.62 bits per heavy atom. The van der Waals surface area contributed by atoms with Crippen molar-refractivity contribution < 1.29 is 13.5 Å². The van der Waals surface area contributed by atoms with Gasteiger partial charge in [0.1, 0.15) is 5.75 Å². The first-order valence-electron chi connectivity index (χ1n) is 8.54. The molecule has 5 heteroatoms. The zero-order chi connectivity index (χ0) is 19.0. The fourth-order valence-electron chi connectivity index (χ4n) is 2.55. The van der Waals surface area contributed by atoms with Gasteiger partial charge in [-0.25, -0.2) is 8.78 Å². The molecule has 2 rings (SSSR count). The maximum Gasteiger partial charge on any atom is 0.247 e. The van der Waals surface area contributed by atoms with Gasteiger partial charge in [0, 0.05) is 42.9 Å². The summed E-state index contributed by atoms with van der Waals surface area (Å²) in [5.74, 6) is -1.91. The Labute approximate surface area is 153 Å². The van der Waals surface area contributed by atoms with Crippen LogP contribution in [-0.4, -0.2) is 30.8 Å². The first-order valence-corrected chi connectivity index (χ1v) is 8.54. The zero-order valence-corrected chi connectivity index (χ0v) is 15.4. The van der Waals surface area contributed by atoms with E-state index in [1.54, 1.807) is 19.5 Å².